The van der Waals surface area contributed by atoms with Crippen LogP contribution in [0.15, 0.2) is 24.3 Å². The summed E-state index contributed by atoms with van der Waals surface area (Å²) < 4.78 is 5.77. The minimum absolute atomic E-state index is 0.136. The first kappa shape index (κ1) is 16.8. The largest absolute Gasteiger partial charge is 0.491 e. The van der Waals surface area contributed by atoms with Crippen LogP contribution in [0.25, 0.3) is 0 Å². The highest BCUT2D eigenvalue weighted by atomic mass is 16.5. The predicted molar refractivity (Wildman–Crippen MR) is 88.9 cm³/mol. The number of benzene rings is 1. The van der Waals surface area contributed by atoms with E-state index in [0.29, 0.717) is 18.9 Å². The molecule has 2 N–H and O–H groups in total. The molecule has 0 radical (unpaired) electrons. The van der Waals surface area contributed by atoms with E-state index in [-0.39, 0.29) is 12.0 Å². The molecule has 1 aromatic carbocycles. The lowest BCUT2D eigenvalue weighted by Crippen LogP contribution is -2.29. The molecule has 0 spiro atoms. The Bertz CT molecular complexity index is 468. The quantitative estimate of drug-likeness (QED) is 0.814. The maximum absolute atomic E-state index is 12.0. The minimum atomic E-state index is 0.136. The van der Waals surface area contributed by atoms with Gasteiger partial charge in [0.15, 0.2) is 0 Å². The fourth-order valence-electron chi connectivity index (χ4n) is 2.81. The molecule has 0 bridgehead atoms. The average molecular weight is 304 g/mol. The van der Waals surface area contributed by atoms with E-state index >= 15 is 0 Å². The van der Waals surface area contributed by atoms with Gasteiger partial charge in [-0.2, -0.15) is 0 Å². The highest BCUT2D eigenvalue weighted by molar-refractivity contribution is 5.75. The summed E-state index contributed by atoms with van der Waals surface area (Å²) in [6, 6.07) is 7.89. The molecule has 0 aliphatic carbocycles. The maximum atomic E-state index is 12.0. The van der Waals surface area contributed by atoms with Crippen molar-refractivity contribution in [2.24, 2.45) is 5.92 Å². The third-order valence-corrected chi connectivity index (χ3v) is 4.05. The molecule has 1 amide bonds. The number of carbonyl (C=O) groups excluding carboxylic acids is 1. The Labute approximate surface area is 133 Å². The van der Waals surface area contributed by atoms with Crippen LogP contribution in [-0.2, 0) is 11.3 Å². The first-order valence-corrected chi connectivity index (χ1v) is 8.37. The molecule has 1 aromatic rings. The zero-order valence-electron chi connectivity index (χ0n) is 13.7. The van der Waals surface area contributed by atoms with Crippen molar-refractivity contribution in [3.8, 4) is 5.75 Å². The second-order valence-electron chi connectivity index (χ2n) is 6.28. The summed E-state index contributed by atoms with van der Waals surface area (Å²) in [5, 5.41) is 6.37. The van der Waals surface area contributed by atoms with E-state index in [4.69, 9.17) is 4.74 Å². The van der Waals surface area contributed by atoms with Crippen LogP contribution in [-0.4, -0.2) is 25.1 Å². The second kappa shape index (κ2) is 8.79. The Morgan fingerprint density at radius 3 is 2.77 bits per heavy atom. The molecule has 1 aliphatic heterocycles. The Morgan fingerprint density at radius 1 is 1.32 bits per heavy atom. The van der Waals surface area contributed by atoms with Crippen LogP contribution in [0.1, 0.15) is 45.1 Å². The molecule has 4 heteroatoms. The number of hydrogen-bond donors (Lipinski definition) is 2. The zero-order chi connectivity index (χ0) is 15.8. The highest BCUT2D eigenvalue weighted by Crippen LogP contribution is 2.20. The first-order chi connectivity index (χ1) is 10.6. The number of para-hydroxylation sites is 1. The number of carbonyl (C=O) groups is 1. The molecule has 0 saturated carbocycles. The molecular formula is C18H28N2O2. The fourth-order valence-corrected chi connectivity index (χ4v) is 2.81. The van der Waals surface area contributed by atoms with E-state index in [0.717, 1.165) is 30.8 Å². The molecule has 0 aromatic heterocycles. The summed E-state index contributed by atoms with van der Waals surface area (Å²) in [5.41, 5.74) is 1.03. The molecule has 22 heavy (non-hydrogen) atoms. The van der Waals surface area contributed by atoms with Crippen molar-refractivity contribution in [1.29, 1.82) is 0 Å². The van der Waals surface area contributed by atoms with Crippen LogP contribution >= 0.6 is 0 Å². The lowest BCUT2D eigenvalue weighted by atomic mass is 9.93. The Kier molecular flexibility index (Phi) is 6.72. The van der Waals surface area contributed by atoms with Gasteiger partial charge < -0.3 is 15.4 Å². The summed E-state index contributed by atoms with van der Waals surface area (Å²) in [4.78, 5) is 12.0. The molecule has 1 saturated heterocycles. The van der Waals surface area contributed by atoms with Crippen LogP contribution in [0.2, 0.25) is 0 Å². The van der Waals surface area contributed by atoms with Gasteiger partial charge in [0.25, 0.3) is 0 Å². The van der Waals surface area contributed by atoms with Crippen molar-refractivity contribution in [3.05, 3.63) is 29.8 Å². The lowest BCUT2D eigenvalue weighted by molar-refractivity contribution is -0.121. The Balaban J connectivity index is 1.76. The molecule has 2 rings (SSSR count). The normalized spacial score (nSPS) is 15.8. The van der Waals surface area contributed by atoms with Crippen molar-refractivity contribution < 1.29 is 9.53 Å². The van der Waals surface area contributed by atoms with Crippen LogP contribution in [0.3, 0.4) is 0 Å². The highest BCUT2D eigenvalue weighted by Gasteiger charge is 2.14. The molecule has 0 atom stereocenters. The molecule has 1 aliphatic rings. The second-order valence-corrected chi connectivity index (χ2v) is 6.28. The maximum Gasteiger partial charge on any atom is 0.220 e. The molecule has 122 valence electrons. The first-order valence-electron chi connectivity index (χ1n) is 8.37. The number of piperidine rings is 1. The van der Waals surface area contributed by atoms with Crippen LogP contribution in [0.5, 0.6) is 5.75 Å². The van der Waals surface area contributed by atoms with Gasteiger partial charge >= 0.3 is 0 Å². The third-order valence-electron chi connectivity index (χ3n) is 4.05. The smallest absolute Gasteiger partial charge is 0.220 e. The number of rotatable bonds is 7. The summed E-state index contributed by atoms with van der Waals surface area (Å²) in [7, 11) is 0. The van der Waals surface area contributed by atoms with Gasteiger partial charge in [-0.15, -0.1) is 0 Å². The van der Waals surface area contributed by atoms with E-state index in [9.17, 15) is 4.79 Å². The van der Waals surface area contributed by atoms with Gasteiger partial charge in [-0.3, -0.25) is 4.79 Å². The number of ether oxygens (including phenoxy) is 1. The van der Waals surface area contributed by atoms with Crippen molar-refractivity contribution in [1.82, 2.24) is 10.6 Å². The van der Waals surface area contributed by atoms with Crippen molar-refractivity contribution in [2.45, 2.75) is 52.2 Å². The van der Waals surface area contributed by atoms with E-state index < -0.39 is 0 Å². The molecule has 1 heterocycles. The van der Waals surface area contributed by atoms with E-state index in [1.54, 1.807) is 0 Å². The monoisotopic (exact) mass is 304 g/mol. The van der Waals surface area contributed by atoms with E-state index in [1.165, 1.54) is 12.8 Å². The summed E-state index contributed by atoms with van der Waals surface area (Å²) in [5.74, 6) is 1.69. The summed E-state index contributed by atoms with van der Waals surface area (Å²) >= 11 is 0. The summed E-state index contributed by atoms with van der Waals surface area (Å²) in [6.45, 7) is 6.73. The average Bonchev–Trinajstić information content (AvgIpc) is 2.52. The summed E-state index contributed by atoms with van der Waals surface area (Å²) in [6.07, 6.45) is 4.14. The fraction of sp³-hybridized carbons (Fsp3) is 0.611. The van der Waals surface area contributed by atoms with Crippen molar-refractivity contribution in [2.75, 3.05) is 13.1 Å². The number of nitrogens with one attached hydrogen (secondary N) is 2. The van der Waals surface area contributed by atoms with E-state index in [1.807, 2.05) is 38.1 Å². The van der Waals surface area contributed by atoms with Gasteiger partial charge in [0.05, 0.1) is 6.10 Å². The van der Waals surface area contributed by atoms with Crippen molar-refractivity contribution in [3.63, 3.8) is 0 Å². The van der Waals surface area contributed by atoms with Crippen LogP contribution in [0.4, 0.5) is 0 Å². The molecular weight excluding hydrogens is 276 g/mol. The minimum Gasteiger partial charge on any atom is -0.491 e. The van der Waals surface area contributed by atoms with Gasteiger partial charge in [0, 0.05) is 18.5 Å². The molecule has 1 fully saturated rings. The topological polar surface area (TPSA) is 50.4 Å². The van der Waals surface area contributed by atoms with Gasteiger partial charge in [0.2, 0.25) is 5.91 Å². The predicted octanol–water partition coefficient (Wildman–Crippen LogP) is 2.87. The Morgan fingerprint density at radius 2 is 2.05 bits per heavy atom. The SMILES string of the molecule is CC(C)Oc1ccccc1CNC(=O)CCC1CCNCC1. The lowest BCUT2D eigenvalue weighted by Gasteiger charge is -2.22. The van der Waals surface area contributed by atoms with E-state index in [2.05, 4.69) is 10.6 Å². The molecule has 4 nitrogen and oxygen atoms in total. The molecule has 0 unspecified atom stereocenters. The van der Waals surface area contributed by atoms with Gasteiger partial charge in [-0.1, -0.05) is 18.2 Å². The van der Waals surface area contributed by atoms with Gasteiger partial charge in [0.1, 0.15) is 5.75 Å². The zero-order valence-corrected chi connectivity index (χ0v) is 13.7. The number of amides is 1. The number of hydrogen-bond acceptors (Lipinski definition) is 3. The van der Waals surface area contributed by atoms with Gasteiger partial charge in [-0.05, 0) is 58.2 Å². The van der Waals surface area contributed by atoms with Crippen molar-refractivity contribution >= 4 is 5.91 Å². The van der Waals surface area contributed by atoms with Gasteiger partial charge in [-0.25, -0.2) is 0 Å². The van der Waals surface area contributed by atoms with Crippen LogP contribution < -0.4 is 15.4 Å². The standard InChI is InChI=1S/C18H28N2O2/c1-14(2)22-17-6-4-3-5-16(17)13-20-18(21)8-7-15-9-11-19-12-10-15/h3-6,14-15,19H,7-13H2,1-2H3,(H,20,21). The van der Waals surface area contributed by atoms with Crippen LogP contribution in [0, 0.1) is 5.92 Å². The Hall–Kier alpha value is -1.55. The third kappa shape index (κ3) is 5.68.